The highest BCUT2D eigenvalue weighted by Gasteiger charge is 2.17. The lowest BCUT2D eigenvalue weighted by Gasteiger charge is -2.15. The minimum atomic E-state index is 0.726. The van der Waals surface area contributed by atoms with Crippen molar-refractivity contribution in [1.82, 2.24) is 0 Å². The zero-order valence-electron chi connectivity index (χ0n) is 6.56. The first-order valence-electron chi connectivity index (χ1n) is 3.98. The summed E-state index contributed by atoms with van der Waals surface area (Å²) in [4.78, 5) is 3.82. The van der Waals surface area contributed by atoms with Crippen LogP contribution in [0.2, 0.25) is 0 Å². The molecule has 0 bridgehead atoms. The van der Waals surface area contributed by atoms with Gasteiger partial charge in [0, 0.05) is 14.6 Å². The van der Waals surface area contributed by atoms with Gasteiger partial charge < -0.3 is 0 Å². The Balaban J connectivity index is 2.34. The van der Waals surface area contributed by atoms with Gasteiger partial charge >= 0.3 is 0 Å². The van der Waals surface area contributed by atoms with Crippen LogP contribution in [0.15, 0.2) is 6.07 Å². The van der Waals surface area contributed by atoms with E-state index in [9.17, 15) is 0 Å². The van der Waals surface area contributed by atoms with E-state index in [0.717, 1.165) is 4.83 Å². The molecular weight excluding hydrogens is 220 g/mol. The van der Waals surface area contributed by atoms with Crippen molar-refractivity contribution < 1.29 is 0 Å². The van der Waals surface area contributed by atoms with Crippen LogP contribution < -0.4 is 0 Å². The first-order chi connectivity index (χ1) is 5.25. The fraction of sp³-hybridized carbons (Fsp3) is 0.556. The summed E-state index contributed by atoms with van der Waals surface area (Å²) in [7, 11) is 0. The second kappa shape index (κ2) is 2.91. The first-order valence-corrected chi connectivity index (χ1v) is 5.71. The summed E-state index contributed by atoms with van der Waals surface area (Å²) in [6.07, 6.45) is 3.83. The van der Waals surface area contributed by atoms with E-state index in [1.165, 1.54) is 24.1 Å². The standard InChI is InChI=1S/C9H11BrS/c1-6-4-7-5-8(10)2-3-9(7)11-6/h4,8H,2-3,5H2,1H3. The van der Waals surface area contributed by atoms with Crippen molar-refractivity contribution >= 4 is 27.3 Å². The van der Waals surface area contributed by atoms with Crippen LogP contribution in [-0.2, 0) is 12.8 Å². The molecule has 1 aromatic rings. The van der Waals surface area contributed by atoms with Gasteiger partial charge in [0.2, 0.25) is 0 Å². The second-order valence-electron chi connectivity index (χ2n) is 3.15. The maximum atomic E-state index is 3.67. The number of fused-ring (bicyclic) bond motifs is 1. The number of hydrogen-bond acceptors (Lipinski definition) is 1. The number of aryl methyl sites for hydroxylation is 2. The Morgan fingerprint density at radius 3 is 3.27 bits per heavy atom. The molecule has 1 aromatic heterocycles. The molecule has 11 heavy (non-hydrogen) atoms. The number of alkyl halides is 1. The molecule has 60 valence electrons. The summed E-state index contributed by atoms with van der Waals surface area (Å²) in [6.45, 7) is 2.20. The van der Waals surface area contributed by atoms with E-state index in [-0.39, 0.29) is 0 Å². The van der Waals surface area contributed by atoms with Gasteiger partial charge in [0.15, 0.2) is 0 Å². The molecule has 0 aromatic carbocycles. The van der Waals surface area contributed by atoms with Gasteiger partial charge in [0.05, 0.1) is 0 Å². The van der Waals surface area contributed by atoms with Crippen LogP contribution in [0.25, 0.3) is 0 Å². The monoisotopic (exact) mass is 230 g/mol. The minimum absolute atomic E-state index is 0.726. The Bertz CT molecular complexity index is 265. The van der Waals surface area contributed by atoms with E-state index in [1.807, 2.05) is 11.3 Å². The second-order valence-corrected chi connectivity index (χ2v) is 5.78. The lowest BCUT2D eigenvalue weighted by molar-refractivity contribution is 0.724. The lowest BCUT2D eigenvalue weighted by atomic mass is 9.99. The van der Waals surface area contributed by atoms with Gasteiger partial charge in [0.25, 0.3) is 0 Å². The Labute approximate surface area is 79.8 Å². The highest BCUT2D eigenvalue weighted by Crippen LogP contribution is 2.31. The maximum Gasteiger partial charge on any atom is 0.0190 e. The van der Waals surface area contributed by atoms with Crippen molar-refractivity contribution in [3.05, 3.63) is 21.4 Å². The van der Waals surface area contributed by atoms with E-state index in [4.69, 9.17) is 0 Å². The summed E-state index contributed by atoms with van der Waals surface area (Å²) in [5.41, 5.74) is 1.58. The predicted molar refractivity (Wildman–Crippen MR) is 53.8 cm³/mol. The van der Waals surface area contributed by atoms with Crippen molar-refractivity contribution in [3.8, 4) is 0 Å². The molecule has 2 heteroatoms. The largest absolute Gasteiger partial charge is 0.145 e. The quantitative estimate of drug-likeness (QED) is 0.601. The topological polar surface area (TPSA) is 0 Å². The molecule has 1 heterocycles. The number of thiophene rings is 1. The van der Waals surface area contributed by atoms with Gasteiger partial charge in [-0.2, -0.15) is 0 Å². The molecule has 1 atom stereocenters. The molecule has 0 saturated heterocycles. The van der Waals surface area contributed by atoms with E-state index >= 15 is 0 Å². The average Bonchev–Trinajstić information content (AvgIpc) is 2.27. The van der Waals surface area contributed by atoms with Crippen molar-refractivity contribution in [3.63, 3.8) is 0 Å². The average molecular weight is 231 g/mol. The van der Waals surface area contributed by atoms with Crippen molar-refractivity contribution in [2.24, 2.45) is 0 Å². The fourth-order valence-electron chi connectivity index (χ4n) is 1.63. The molecule has 0 spiro atoms. The van der Waals surface area contributed by atoms with E-state index in [2.05, 4.69) is 28.9 Å². The zero-order chi connectivity index (χ0) is 7.84. The molecule has 1 aliphatic rings. The van der Waals surface area contributed by atoms with Crippen LogP contribution in [-0.4, -0.2) is 4.83 Å². The van der Waals surface area contributed by atoms with E-state index in [1.54, 1.807) is 10.4 Å². The summed E-state index contributed by atoms with van der Waals surface area (Å²) >= 11 is 5.64. The predicted octanol–water partition coefficient (Wildman–Crippen LogP) is 3.31. The molecule has 0 nitrogen and oxygen atoms in total. The highest BCUT2D eigenvalue weighted by atomic mass is 79.9. The molecule has 0 N–H and O–H groups in total. The molecule has 0 amide bonds. The SMILES string of the molecule is Cc1cc2c(s1)CCC(Br)C2. The van der Waals surface area contributed by atoms with Gasteiger partial charge in [-0.05, 0) is 37.8 Å². The van der Waals surface area contributed by atoms with Gasteiger partial charge in [-0.25, -0.2) is 0 Å². The van der Waals surface area contributed by atoms with Crippen molar-refractivity contribution in [2.45, 2.75) is 31.0 Å². The minimum Gasteiger partial charge on any atom is -0.145 e. The van der Waals surface area contributed by atoms with Crippen molar-refractivity contribution in [2.75, 3.05) is 0 Å². The van der Waals surface area contributed by atoms with Crippen LogP contribution in [0.1, 0.15) is 21.7 Å². The Morgan fingerprint density at radius 2 is 2.45 bits per heavy atom. The molecule has 0 radical (unpaired) electrons. The van der Waals surface area contributed by atoms with Crippen LogP contribution >= 0.6 is 27.3 Å². The summed E-state index contributed by atoms with van der Waals surface area (Å²) in [6, 6.07) is 2.34. The van der Waals surface area contributed by atoms with Gasteiger partial charge in [-0.3, -0.25) is 0 Å². The van der Waals surface area contributed by atoms with Gasteiger partial charge in [0.1, 0.15) is 0 Å². The third-order valence-corrected chi connectivity index (χ3v) is 4.08. The summed E-state index contributed by atoms with van der Waals surface area (Å²) in [5.74, 6) is 0. The van der Waals surface area contributed by atoms with Crippen LogP contribution in [0.3, 0.4) is 0 Å². The van der Waals surface area contributed by atoms with Gasteiger partial charge in [-0.1, -0.05) is 15.9 Å². The van der Waals surface area contributed by atoms with Crippen LogP contribution in [0.4, 0.5) is 0 Å². The van der Waals surface area contributed by atoms with Gasteiger partial charge in [-0.15, -0.1) is 11.3 Å². The van der Waals surface area contributed by atoms with Crippen molar-refractivity contribution in [1.29, 1.82) is 0 Å². The third-order valence-electron chi connectivity index (χ3n) is 2.15. The molecule has 2 rings (SSSR count). The first kappa shape index (κ1) is 7.81. The number of rotatable bonds is 0. The fourth-order valence-corrected chi connectivity index (χ4v) is 3.29. The molecule has 1 unspecified atom stereocenters. The number of halogens is 1. The smallest absolute Gasteiger partial charge is 0.0190 e. The summed E-state index contributed by atoms with van der Waals surface area (Å²) in [5, 5.41) is 0. The Hall–Kier alpha value is 0.180. The zero-order valence-corrected chi connectivity index (χ0v) is 8.96. The maximum absolute atomic E-state index is 3.67. The summed E-state index contributed by atoms with van der Waals surface area (Å²) < 4.78 is 0. The Kier molecular flexibility index (Phi) is 2.06. The van der Waals surface area contributed by atoms with E-state index in [0.29, 0.717) is 0 Å². The molecule has 0 aliphatic heterocycles. The molecular formula is C9H11BrS. The molecule has 0 fully saturated rings. The van der Waals surface area contributed by atoms with Crippen LogP contribution in [0, 0.1) is 6.92 Å². The number of hydrogen-bond donors (Lipinski definition) is 0. The normalized spacial score (nSPS) is 23.3. The van der Waals surface area contributed by atoms with Crippen LogP contribution in [0.5, 0.6) is 0 Å². The highest BCUT2D eigenvalue weighted by molar-refractivity contribution is 9.09. The Morgan fingerprint density at radius 1 is 1.64 bits per heavy atom. The molecule has 1 aliphatic carbocycles. The lowest BCUT2D eigenvalue weighted by Crippen LogP contribution is -2.10. The third kappa shape index (κ3) is 1.52. The molecule has 0 saturated carbocycles. The van der Waals surface area contributed by atoms with E-state index < -0.39 is 0 Å².